The minimum Gasteiger partial charge on any atom is -0.204 e. The number of thioether (sulfide) groups is 1. The van der Waals surface area contributed by atoms with E-state index in [2.05, 4.69) is 6.07 Å². The molecular formula is C14H11BF2S. The zero-order valence-electron chi connectivity index (χ0n) is 9.91. The molecule has 0 spiro atoms. The summed E-state index contributed by atoms with van der Waals surface area (Å²) in [5.74, 6) is -0.867. The number of rotatable bonds is 0. The Hall–Kier alpha value is -1.29. The smallest absolute Gasteiger partial charge is 0.163 e. The van der Waals surface area contributed by atoms with Gasteiger partial charge >= 0.3 is 0 Å². The Kier molecular flexibility index (Phi) is 2.90. The van der Waals surface area contributed by atoms with Gasteiger partial charge in [-0.05, 0) is 29.1 Å². The van der Waals surface area contributed by atoms with Crippen LogP contribution in [0.2, 0.25) is 0 Å². The summed E-state index contributed by atoms with van der Waals surface area (Å²) in [5.41, 5.74) is 2.59. The lowest BCUT2D eigenvalue weighted by atomic mass is 9.74. The normalized spacial score (nSPS) is 17.8. The fourth-order valence-electron chi connectivity index (χ4n) is 2.45. The maximum Gasteiger partial charge on any atom is 0.163 e. The van der Waals surface area contributed by atoms with Crippen molar-refractivity contribution in [2.45, 2.75) is 16.5 Å². The average molecular weight is 260 g/mol. The molecule has 0 fully saturated rings. The van der Waals surface area contributed by atoms with Crippen LogP contribution in [0.5, 0.6) is 0 Å². The lowest BCUT2D eigenvalue weighted by Crippen LogP contribution is -2.05. The molecule has 1 heterocycles. The predicted molar refractivity (Wildman–Crippen MR) is 72.7 cm³/mol. The van der Waals surface area contributed by atoms with Crippen LogP contribution in [0.4, 0.5) is 8.78 Å². The van der Waals surface area contributed by atoms with Gasteiger partial charge in [-0.25, -0.2) is 8.78 Å². The van der Waals surface area contributed by atoms with Crippen LogP contribution in [0, 0.1) is 11.6 Å². The summed E-state index contributed by atoms with van der Waals surface area (Å²) in [4.78, 5) is 1.15. The minimum absolute atomic E-state index is 0.0984. The van der Waals surface area contributed by atoms with Gasteiger partial charge in [0.25, 0.3) is 0 Å². The van der Waals surface area contributed by atoms with Crippen molar-refractivity contribution >= 4 is 19.6 Å². The lowest BCUT2D eigenvalue weighted by Gasteiger charge is -2.15. The van der Waals surface area contributed by atoms with E-state index < -0.39 is 11.6 Å². The highest BCUT2D eigenvalue weighted by atomic mass is 32.2. The molecule has 1 aliphatic heterocycles. The van der Waals surface area contributed by atoms with E-state index in [1.165, 1.54) is 11.6 Å². The second kappa shape index (κ2) is 4.43. The SMILES string of the molecule is B[C@H]1c2ccccc2SCc2c1ccc(F)c2F. The standard InChI is InChI=1S/C14H11BF2S/c15-13-8-5-6-11(16)14(17)10(8)7-18-12-4-2-1-3-9(12)13/h1-6,13H,7,15H2/t13-/m1/s1. The molecule has 18 heavy (non-hydrogen) atoms. The van der Waals surface area contributed by atoms with Crippen molar-refractivity contribution in [2.75, 3.05) is 0 Å². The van der Waals surface area contributed by atoms with Crippen LogP contribution in [0.15, 0.2) is 41.3 Å². The molecule has 0 N–H and O–H groups in total. The Labute approximate surface area is 110 Å². The summed E-state index contributed by atoms with van der Waals surface area (Å²) in [6, 6.07) is 11.0. The van der Waals surface area contributed by atoms with E-state index in [-0.39, 0.29) is 5.82 Å². The highest BCUT2D eigenvalue weighted by Crippen LogP contribution is 2.40. The van der Waals surface area contributed by atoms with E-state index in [1.807, 2.05) is 26.0 Å². The Morgan fingerprint density at radius 3 is 2.67 bits per heavy atom. The molecule has 0 aliphatic carbocycles. The van der Waals surface area contributed by atoms with Crippen molar-refractivity contribution in [1.29, 1.82) is 0 Å². The van der Waals surface area contributed by atoms with Crippen molar-refractivity contribution in [3.05, 3.63) is 64.7 Å². The highest BCUT2D eigenvalue weighted by molar-refractivity contribution is 7.98. The highest BCUT2D eigenvalue weighted by Gasteiger charge is 2.23. The second-order valence-corrected chi connectivity index (χ2v) is 5.49. The summed E-state index contributed by atoms with van der Waals surface area (Å²) < 4.78 is 27.2. The molecular weight excluding hydrogens is 249 g/mol. The Balaban J connectivity index is 2.21. The molecule has 0 saturated heterocycles. The molecule has 0 bridgehead atoms. The summed E-state index contributed by atoms with van der Waals surface area (Å²) >= 11 is 1.57. The first-order chi connectivity index (χ1) is 8.68. The van der Waals surface area contributed by atoms with E-state index in [0.29, 0.717) is 11.3 Å². The number of fused-ring (bicyclic) bond motifs is 2. The Morgan fingerprint density at radius 1 is 1.06 bits per heavy atom. The molecule has 0 nitrogen and oxygen atoms in total. The lowest BCUT2D eigenvalue weighted by molar-refractivity contribution is 0.501. The molecule has 4 heteroatoms. The maximum absolute atomic E-state index is 13.9. The van der Waals surface area contributed by atoms with Gasteiger partial charge in [0, 0.05) is 16.2 Å². The summed E-state index contributed by atoms with van der Waals surface area (Å²) in [6.45, 7) is 0. The van der Waals surface area contributed by atoms with Crippen LogP contribution in [0.25, 0.3) is 0 Å². The van der Waals surface area contributed by atoms with Crippen LogP contribution in [-0.2, 0) is 5.75 Å². The third-order valence-corrected chi connectivity index (χ3v) is 4.57. The largest absolute Gasteiger partial charge is 0.204 e. The van der Waals surface area contributed by atoms with Gasteiger partial charge < -0.3 is 0 Å². The molecule has 0 amide bonds. The molecule has 0 aromatic heterocycles. The first-order valence-electron chi connectivity index (χ1n) is 5.87. The predicted octanol–water partition coefficient (Wildman–Crippen LogP) is 3.29. The fraction of sp³-hybridized carbons (Fsp3) is 0.143. The van der Waals surface area contributed by atoms with Gasteiger partial charge in [-0.3, -0.25) is 0 Å². The number of halogens is 2. The van der Waals surface area contributed by atoms with Crippen LogP contribution < -0.4 is 0 Å². The van der Waals surface area contributed by atoms with Crippen molar-refractivity contribution in [3.63, 3.8) is 0 Å². The van der Waals surface area contributed by atoms with Gasteiger partial charge in [0.1, 0.15) is 7.85 Å². The molecule has 0 saturated carbocycles. The van der Waals surface area contributed by atoms with Gasteiger partial charge in [0.2, 0.25) is 0 Å². The average Bonchev–Trinajstić information content (AvgIpc) is 2.53. The number of benzene rings is 2. The van der Waals surface area contributed by atoms with E-state index >= 15 is 0 Å². The quantitative estimate of drug-likeness (QED) is 0.655. The van der Waals surface area contributed by atoms with Gasteiger partial charge in [-0.15, -0.1) is 11.8 Å². The minimum atomic E-state index is -0.757. The van der Waals surface area contributed by atoms with E-state index in [0.717, 1.165) is 10.5 Å². The third-order valence-electron chi connectivity index (χ3n) is 3.46. The maximum atomic E-state index is 13.9. The first-order valence-corrected chi connectivity index (χ1v) is 6.85. The van der Waals surface area contributed by atoms with Gasteiger partial charge in [-0.2, -0.15) is 0 Å². The van der Waals surface area contributed by atoms with Crippen molar-refractivity contribution < 1.29 is 8.78 Å². The van der Waals surface area contributed by atoms with E-state index in [4.69, 9.17) is 0 Å². The third kappa shape index (κ3) is 1.75. The Morgan fingerprint density at radius 2 is 1.83 bits per heavy atom. The first kappa shape index (κ1) is 11.8. The topological polar surface area (TPSA) is 0 Å². The van der Waals surface area contributed by atoms with Crippen LogP contribution in [-0.4, -0.2) is 7.85 Å². The van der Waals surface area contributed by atoms with Crippen LogP contribution in [0.1, 0.15) is 22.5 Å². The molecule has 2 aromatic rings. The Bertz CT molecular complexity index is 613. The molecule has 1 aliphatic rings. The number of hydrogen-bond donors (Lipinski definition) is 0. The zero-order valence-corrected chi connectivity index (χ0v) is 10.7. The van der Waals surface area contributed by atoms with Gasteiger partial charge in [0.15, 0.2) is 11.6 Å². The van der Waals surface area contributed by atoms with Crippen LogP contribution >= 0.6 is 11.8 Å². The summed E-state index contributed by atoms with van der Waals surface area (Å²) in [5, 5.41) is 0. The molecule has 2 aromatic carbocycles. The van der Waals surface area contributed by atoms with Crippen molar-refractivity contribution in [3.8, 4) is 0 Å². The summed E-state index contributed by atoms with van der Waals surface area (Å²) in [7, 11) is 2.04. The van der Waals surface area contributed by atoms with Crippen LogP contribution in [0.3, 0.4) is 0 Å². The van der Waals surface area contributed by atoms with Gasteiger partial charge in [-0.1, -0.05) is 24.3 Å². The molecule has 0 radical (unpaired) electrons. The van der Waals surface area contributed by atoms with E-state index in [9.17, 15) is 8.78 Å². The van der Waals surface area contributed by atoms with Crippen molar-refractivity contribution in [1.82, 2.24) is 0 Å². The van der Waals surface area contributed by atoms with Gasteiger partial charge in [0.05, 0.1) is 0 Å². The molecule has 0 unspecified atom stereocenters. The molecule has 90 valence electrons. The molecule has 3 rings (SSSR count). The fourth-order valence-corrected chi connectivity index (χ4v) is 3.63. The zero-order chi connectivity index (χ0) is 12.7. The molecule has 1 atom stereocenters. The summed E-state index contributed by atoms with van der Waals surface area (Å²) in [6.07, 6.45) is 0. The van der Waals surface area contributed by atoms with Crippen molar-refractivity contribution in [2.24, 2.45) is 0 Å². The number of hydrogen-bond acceptors (Lipinski definition) is 1. The second-order valence-electron chi connectivity index (χ2n) is 4.48. The van der Waals surface area contributed by atoms with E-state index in [1.54, 1.807) is 17.8 Å². The monoisotopic (exact) mass is 260 g/mol.